The molecule has 0 radical (unpaired) electrons. The van der Waals surface area contributed by atoms with E-state index in [1.165, 1.54) is 11.3 Å². The van der Waals surface area contributed by atoms with Crippen LogP contribution < -0.4 is 5.73 Å². The van der Waals surface area contributed by atoms with Gasteiger partial charge in [0.2, 0.25) is 5.91 Å². The van der Waals surface area contributed by atoms with Gasteiger partial charge < -0.3 is 10.6 Å². The van der Waals surface area contributed by atoms with Crippen molar-refractivity contribution in [3.63, 3.8) is 0 Å². The molecule has 1 aromatic rings. The molecular formula is C12H16N2OS. The summed E-state index contributed by atoms with van der Waals surface area (Å²) in [5, 5.41) is 1.94. The maximum absolute atomic E-state index is 12.2. The third kappa shape index (κ3) is 2.33. The van der Waals surface area contributed by atoms with E-state index in [2.05, 4.69) is 6.58 Å². The van der Waals surface area contributed by atoms with Gasteiger partial charge in [-0.05, 0) is 24.3 Å². The van der Waals surface area contributed by atoms with E-state index in [-0.39, 0.29) is 5.91 Å². The first-order chi connectivity index (χ1) is 7.74. The summed E-state index contributed by atoms with van der Waals surface area (Å²) in [4.78, 5) is 14.9. The van der Waals surface area contributed by atoms with Crippen LogP contribution in [0, 0.1) is 0 Å². The Morgan fingerprint density at radius 3 is 3.00 bits per heavy atom. The number of nitrogens with zero attached hydrogens (tertiary/aromatic N) is 1. The van der Waals surface area contributed by atoms with E-state index in [9.17, 15) is 4.79 Å². The zero-order valence-corrected chi connectivity index (χ0v) is 9.95. The number of thiophene rings is 1. The molecule has 2 rings (SSSR count). The molecule has 1 fully saturated rings. The number of carbonyl (C=O) groups excluding carboxylic acids is 1. The quantitative estimate of drug-likeness (QED) is 0.794. The Bertz CT molecular complexity index is 370. The van der Waals surface area contributed by atoms with Gasteiger partial charge in [-0.3, -0.25) is 4.79 Å². The highest BCUT2D eigenvalue weighted by Gasteiger charge is 2.34. The average Bonchev–Trinajstić information content (AvgIpc) is 2.98. The third-order valence-electron chi connectivity index (χ3n) is 2.71. The summed E-state index contributed by atoms with van der Waals surface area (Å²) >= 11 is 1.53. The summed E-state index contributed by atoms with van der Waals surface area (Å²) in [6.45, 7) is 4.28. The Morgan fingerprint density at radius 2 is 2.50 bits per heavy atom. The lowest BCUT2D eigenvalue weighted by molar-refractivity contribution is -0.132. The van der Waals surface area contributed by atoms with E-state index in [1.807, 2.05) is 22.4 Å². The van der Waals surface area contributed by atoms with Crippen molar-refractivity contribution in [2.24, 2.45) is 5.73 Å². The largest absolute Gasteiger partial charge is 0.334 e. The van der Waals surface area contributed by atoms with E-state index in [1.54, 1.807) is 6.08 Å². The van der Waals surface area contributed by atoms with Crippen molar-refractivity contribution in [1.82, 2.24) is 4.90 Å². The molecule has 1 unspecified atom stereocenters. The Morgan fingerprint density at radius 1 is 1.75 bits per heavy atom. The van der Waals surface area contributed by atoms with Gasteiger partial charge in [-0.25, -0.2) is 0 Å². The smallest absolute Gasteiger partial charge is 0.245 e. The zero-order chi connectivity index (χ0) is 11.5. The van der Waals surface area contributed by atoms with Crippen LogP contribution in [0.3, 0.4) is 0 Å². The van der Waals surface area contributed by atoms with Crippen molar-refractivity contribution in [3.05, 3.63) is 35.0 Å². The third-order valence-corrected chi connectivity index (χ3v) is 3.67. The normalized spacial score (nSPS) is 16.8. The van der Waals surface area contributed by atoms with Crippen LogP contribution in [-0.2, 0) is 4.79 Å². The minimum absolute atomic E-state index is 0.0184. The van der Waals surface area contributed by atoms with Gasteiger partial charge in [-0.15, -0.1) is 17.9 Å². The second-order valence-electron chi connectivity index (χ2n) is 4.00. The molecule has 2 N–H and O–H groups in total. The predicted molar refractivity (Wildman–Crippen MR) is 66.2 cm³/mol. The van der Waals surface area contributed by atoms with Crippen LogP contribution in [0.25, 0.3) is 0 Å². The topological polar surface area (TPSA) is 46.3 Å². The molecule has 1 heterocycles. The molecule has 0 saturated heterocycles. The molecule has 86 valence electrons. The summed E-state index contributed by atoms with van der Waals surface area (Å²) in [7, 11) is 0. The summed E-state index contributed by atoms with van der Waals surface area (Å²) in [5.41, 5.74) is 5.96. The maximum atomic E-state index is 12.2. The van der Waals surface area contributed by atoms with E-state index < -0.39 is 6.04 Å². The number of carbonyl (C=O) groups is 1. The van der Waals surface area contributed by atoms with Gasteiger partial charge in [-0.1, -0.05) is 12.1 Å². The van der Waals surface area contributed by atoms with Gasteiger partial charge in [-0.2, -0.15) is 0 Å². The van der Waals surface area contributed by atoms with Crippen molar-refractivity contribution in [2.75, 3.05) is 6.54 Å². The standard InChI is InChI=1S/C12H16N2OS/c1-2-7-14(9-5-6-9)12(15)11(13)10-4-3-8-16-10/h2-4,8-9,11H,1,5-7,13H2. The first-order valence-corrected chi connectivity index (χ1v) is 6.32. The highest BCUT2D eigenvalue weighted by atomic mass is 32.1. The highest BCUT2D eigenvalue weighted by Crippen LogP contribution is 2.29. The molecule has 1 atom stereocenters. The molecule has 0 bridgehead atoms. The average molecular weight is 236 g/mol. The van der Waals surface area contributed by atoms with Gasteiger partial charge in [0.1, 0.15) is 6.04 Å². The summed E-state index contributed by atoms with van der Waals surface area (Å²) < 4.78 is 0. The molecule has 4 heteroatoms. The summed E-state index contributed by atoms with van der Waals surface area (Å²) in [5.74, 6) is 0.0184. The molecular weight excluding hydrogens is 220 g/mol. The van der Waals surface area contributed by atoms with Crippen molar-refractivity contribution in [2.45, 2.75) is 24.9 Å². The number of hydrogen-bond donors (Lipinski definition) is 1. The second kappa shape index (κ2) is 4.80. The van der Waals surface area contributed by atoms with E-state index in [4.69, 9.17) is 5.73 Å². The van der Waals surface area contributed by atoms with Gasteiger partial charge in [0.05, 0.1) is 0 Å². The van der Waals surface area contributed by atoms with Crippen LogP contribution in [0.4, 0.5) is 0 Å². The lowest BCUT2D eigenvalue weighted by Gasteiger charge is -2.23. The van der Waals surface area contributed by atoms with Gasteiger partial charge in [0.25, 0.3) is 0 Å². The van der Waals surface area contributed by atoms with Gasteiger partial charge in [0.15, 0.2) is 0 Å². The fraction of sp³-hybridized carbons (Fsp3) is 0.417. The maximum Gasteiger partial charge on any atom is 0.245 e. The Kier molecular flexibility index (Phi) is 3.41. The summed E-state index contributed by atoms with van der Waals surface area (Å²) in [6, 6.07) is 3.70. The van der Waals surface area contributed by atoms with Gasteiger partial charge in [0, 0.05) is 17.5 Å². The molecule has 0 spiro atoms. The fourth-order valence-electron chi connectivity index (χ4n) is 1.71. The molecule has 1 amide bonds. The minimum atomic E-state index is -0.513. The SMILES string of the molecule is C=CCN(C(=O)C(N)c1cccs1)C1CC1. The number of rotatable bonds is 5. The second-order valence-corrected chi connectivity index (χ2v) is 4.98. The van der Waals surface area contributed by atoms with E-state index in [0.717, 1.165) is 17.7 Å². The monoisotopic (exact) mass is 236 g/mol. The zero-order valence-electron chi connectivity index (χ0n) is 9.13. The Balaban J connectivity index is 2.07. The molecule has 0 aliphatic heterocycles. The lowest BCUT2D eigenvalue weighted by atomic mass is 10.2. The predicted octanol–water partition coefficient (Wildman–Crippen LogP) is 1.92. The van der Waals surface area contributed by atoms with Crippen molar-refractivity contribution in [1.29, 1.82) is 0 Å². The van der Waals surface area contributed by atoms with Crippen molar-refractivity contribution in [3.8, 4) is 0 Å². The number of hydrogen-bond acceptors (Lipinski definition) is 3. The van der Waals surface area contributed by atoms with E-state index in [0.29, 0.717) is 12.6 Å². The molecule has 1 aliphatic carbocycles. The Hall–Kier alpha value is -1.13. The van der Waals surface area contributed by atoms with Crippen molar-refractivity contribution >= 4 is 17.2 Å². The minimum Gasteiger partial charge on any atom is -0.334 e. The van der Waals surface area contributed by atoms with Crippen LogP contribution in [0.15, 0.2) is 30.2 Å². The number of amides is 1. The Labute approximate surface area is 99.6 Å². The van der Waals surface area contributed by atoms with Crippen LogP contribution >= 0.6 is 11.3 Å². The molecule has 0 aromatic carbocycles. The molecule has 1 aromatic heterocycles. The molecule has 1 saturated carbocycles. The van der Waals surface area contributed by atoms with Crippen LogP contribution in [0.1, 0.15) is 23.8 Å². The van der Waals surface area contributed by atoms with Crippen LogP contribution in [0.2, 0.25) is 0 Å². The highest BCUT2D eigenvalue weighted by molar-refractivity contribution is 7.10. The lowest BCUT2D eigenvalue weighted by Crippen LogP contribution is -2.39. The molecule has 1 aliphatic rings. The van der Waals surface area contributed by atoms with Gasteiger partial charge >= 0.3 is 0 Å². The van der Waals surface area contributed by atoms with Crippen LogP contribution in [-0.4, -0.2) is 23.4 Å². The van der Waals surface area contributed by atoms with Crippen LogP contribution in [0.5, 0.6) is 0 Å². The molecule has 3 nitrogen and oxygen atoms in total. The van der Waals surface area contributed by atoms with E-state index >= 15 is 0 Å². The first-order valence-electron chi connectivity index (χ1n) is 5.44. The molecule has 16 heavy (non-hydrogen) atoms. The first kappa shape index (κ1) is 11.4. The summed E-state index contributed by atoms with van der Waals surface area (Å²) in [6.07, 6.45) is 3.95. The number of nitrogens with two attached hydrogens (primary N) is 1. The van der Waals surface area contributed by atoms with Crippen molar-refractivity contribution < 1.29 is 4.79 Å². The fourth-order valence-corrected chi connectivity index (χ4v) is 2.43.